The Bertz CT molecular complexity index is 593. The van der Waals surface area contributed by atoms with Crippen molar-refractivity contribution in [1.82, 2.24) is 9.78 Å². The van der Waals surface area contributed by atoms with E-state index in [0.29, 0.717) is 21.6 Å². The van der Waals surface area contributed by atoms with Crippen molar-refractivity contribution in [2.24, 2.45) is 7.05 Å². The fourth-order valence-electron chi connectivity index (χ4n) is 1.82. The summed E-state index contributed by atoms with van der Waals surface area (Å²) in [5.74, 6) is 0. The normalized spacial score (nSPS) is 10.8. The number of hydrogen-bond donors (Lipinski definition) is 1. The van der Waals surface area contributed by atoms with Crippen LogP contribution in [0.5, 0.6) is 0 Å². The van der Waals surface area contributed by atoms with Gasteiger partial charge in [0.2, 0.25) is 0 Å². The van der Waals surface area contributed by atoms with Crippen LogP contribution in [0.4, 0.5) is 5.69 Å². The van der Waals surface area contributed by atoms with E-state index >= 15 is 0 Å². The van der Waals surface area contributed by atoms with Gasteiger partial charge in [0, 0.05) is 12.1 Å². The van der Waals surface area contributed by atoms with Crippen LogP contribution in [0.2, 0.25) is 15.1 Å². The second kappa shape index (κ2) is 6.04. The molecule has 1 N–H and O–H groups in total. The molecule has 1 aromatic heterocycles. The van der Waals surface area contributed by atoms with Crippen molar-refractivity contribution in [2.75, 3.05) is 5.32 Å². The van der Waals surface area contributed by atoms with Crippen LogP contribution in [0.3, 0.4) is 0 Å². The third-order valence-corrected chi connectivity index (χ3v) is 3.88. The lowest BCUT2D eigenvalue weighted by molar-refractivity contribution is 0.707. The molecule has 102 valence electrons. The highest BCUT2D eigenvalue weighted by Crippen LogP contribution is 2.27. The summed E-state index contributed by atoms with van der Waals surface area (Å²) in [5.41, 5.74) is 2.61. The molecule has 6 heteroatoms. The summed E-state index contributed by atoms with van der Waals surface area (Å²) in [5, 5.41) is 9.56. The van der Waals surface area contributed by atoms with Gasteiger partial charge in [0.25, 0.3) is 0 Å². The Kier molecular flexibility index (Phi) is 4.61. The van der Waals surface area contributed by atoms with Gasteiger partial charge in [-0.2, -0.15) is 5.10 Å². The van der Waals surface area contributed by atoms with Crippen LogP contribution in [-0.4, -0.2) is 9.78 Å². The zero-order chi connectivity index (χ0) is 14.0. The van der Waals surface area contributed by atoms with Gasteiger partial charge < -0.3 is 5.32 Å². The van der Waals surface area contributed by atoms with E-state index in [2.05, 4.69) is 10.4 Å². The summed E-state index contributed by atoms with van der Waals surface area (Å²) < 4.78 is 1.78. The first-order valence-corrected chi connectivity index (χ1v) is 7.05. The third kappa shape index (κ3) is 3.16. The van der Waals surface area contributed by atoms with Gasteiger partial charge in [-0.25, -0.2) is 0 Å². The number of halogens is 3. The molecule has 0 amide bonds. The monoisotopic (exact) mass is 317 g/mol. The predicted molar refractivity (Wildman–Crippen MR) is 81.4 cm³/mol. The van der Waals surface area contributed by atoms with Gasteiger partial charge >= 0.3 is 0 Å². The highest BCUT2D eigenvalue weighted by Gasteiger charge is 2.13. The molecular weight excluding hydrogens is 305 g/mol. The first-order valence-electron chi connectivity index (χ1n) is 5.92. The first kappa shape index (κ1) is 14.5. The van der Waals surface area contributed by atoms with Crippen molar-refractivity contribution < 1.29 is 0 Å². The van der Waals surface area contributed by atoms with Crippen LogP contribution >= 0.6 is 34.8 Å². The van der Waals surface area contributed by atoms with Crippen LogP contribution < -0.4 is 5.32 Å². The Morgan fingerprint density at radius 3 is 2.63 bits per heavy atom. The van der Waals surface area contributed by atoms with Crippen LogP contribution in [0.25, 0.3) is 0 Å². The number of aromatic nitrogens is 2. The highest BCUT2D eigenvalue weighted by molar-refractivity contribution is 6.35. The summed E-state index contributed by atoms with van der Waals surface area (Å²) >= 11 is 18.3. The van der Waals surface area contributed by atoms with Gasteiger partial charge in [0.1, 0.15) is 0 Å². The van der Waals surface area contributed by atoms with E-state index in [1.54, 1.807) is 22.9 Å². The first-order chi connectivity index (χ1) is 9.02. The minimum Gasteiger partial charge on any atom is -0.378 e. The second-order valence-corrected chi connectivity index (χ2v) is 5.38. The number of anilines is 1. The third-order valence-electron chi connectivity index (χ3n) is 2.88. The molecule has 0 saturated carbocycles. The summed E-state index contributed by atoms with van der Waals surface area (Å²) in [6, 6.07) is 5.30. The summed E-state index contributed by atoms with van der Waals surface area (Å²) in [4.78, 5) is 0. The van der Waals surface area contributed by atoms with E-state index in [1.165, 1.54) is 0 Å². The number of aryl methyl sites for hydroxylation is 2. The van der Waals surface area contributed by atoms with Gasteiger partial charge in [0.05, 0.1) is 33.7 Å². The second-order valence-electron chi connectivity index (χ2n) is 4.16. The topological polar surface area (TPSA) is 29.9 Å². The van der Waals surface area contributed by atoms with Crippen molar-refractivity contribution in [3.05, 3.63) is 44.7 Å². The molecule has 0 aliphatic rings. The van der Waals surface area contributed by atoms with Crippen molar-refractivity contribution in [1.29, 1.82) is 0 Å². The molecule has 2 rings (SSSR count). The molecule has 0 bridgehead atoms. The van der Waals surface area contributed by atoms with Crippen LogP contribution in [0.1, 0.15) is 18.3 Å². The van der Waals surface area contributed by atoms with Gasteiger partial charge in [-0.15, -0.1) is 0 Å². The average Bonchev–Trinajstić information content (AvgIpc) is 2.66. The Balaban J connectivity index is 2.19. The lowest BCUT2D eigenvalue weighted by Crippen LogP contribution is -2.06. The Hall–Kier alpha value is -0.900. The van der Waals surface area contributed by atoms with Crippen molar-refractivity contribution >= 4 is 40.5 Å². The number of hydrogen-bond acceptors (Lipinski definition) is 2. The lowest BCUT2D eigenvalue weighted by atomic mass is 10.2. The number of nitrogens with zero attached hydrogens (tertiary/aromatic N) is 2. The Morgan fingerprint density at radius 2 is 2.00 bits per heavy atom. The Labute approximate surface area is 127 Å². The molecule has 0 radical (unpaired) electrons. The molecule has 3 nitrogen and oxygen atoms in total. The molecule has 0 aliphatic heterocycles. The number of benzene rings is 1. The number of rotatable bonds is 4. The SMILES string of the molecule is CCc1nn(C)c(CNc2cc(Cl)ccc2Cl)c1Cl. The number of nitrogens with one attached hydrogen (secondary N) is 1. The van der Waals surface area contributed by atoms with Crippen molar-refractivity contribution in [2.45, 2.75) is 19.9 Å². The zero-order valence-corrected chi connectivity index (χ0v) is 12.9. The maximum Gasteiger partial charge on any atom is 0.0868 e. The van der Waals surface area contributed by atoms with E-state index in [9.17, 15) is 0 Å². The largest absolute Gasteiger partial charge is 0.378 e. The molecule has 0 saturated heterocycles. The molecule has 0 fully saturated rings. The molecule has 1 aromatic carbocycles. The minimum absolute atomic E-state index is 0.544. The quantitative estimate of drug-likeness (QED) is 0.896. The molecule has 0 atom stereocenters. The average molecular weight is 319 g/mol. The summed E-state index contributed by atoms with van der Waals surface area (Å²) in [6.45, 7) is 2.57. The van der Waals surface area contributed by atoms with Gasteiger partial charge in [-0.1, -0.05) is 41.7 Å². The van der Waals surface area contributed by atoms with Gasteiger partial charge in [-0.05, 0) is 24.6 Å². The maximum absolute atomic E-state index is 6.28. The molecule has 0 unspecified atom stereocenters. The van der Waals surface area contributed by atoms with E-state index < -0.39 is 0 Å². The predicted octanol–water partition coefficient (Wildman–Crippen LogP) is 4.55. The maximum atomic E-state index is 6.28. The summed E-state index contributed by atoms with van der Waals surface area (Å²) in [6.07, 6.45) is 0.810. The smallest absolute Gasteiger partial charge is 0.0868 e. The van der Waals surface area contributed by atoms with E-state index in [1.807, 2.05) is 14.0 Å². The van der Waals surface area contributed by atoms with Crippen molar-refractivity contribution in [3.8, 4) is 0 Å². The standard InChI is InChI=1S/C13H14Cl3N3/c1-3-10-13(16)12(19(2)18-10)7-17-11-6-8(14)4-5-9(11)15/h4-6,17H,3,7H2,1-2H3. The molecule has 0 spiro atoms. The minimum atomic E-state index is 0.544. The Morgan fingerprint density at radius 1 is 1.26 bits per heavy atom. The highest BCUT2D eigenvalue weighted by atomic mass is 35.5. The molecule has 19 heavy (non-hydrogen) atoms. The van der Waals surface area contributed by atoms with Crippen LogP contribution in [-0.2, 0) is 20.0 Å². The molecule has 2 aromatic rings. The van der Waals surface area contributed by atoms with Gasteiger partial charge in [-0.3, -0.25) is 4.68 Å². The summed E-state index contributed by atoms with van der Waals surface area (Å²) in [7, 11) is 1.88. The fourth-order valence-corrected chi connectivity index (χ4v) is 2.54. The van der Waals surface area contributed by atoms with Gasteiger partial charge in [0.15, 0.2) is 0 Å². The van der Waals surface area contributed by atoms with E-state index in [0.717, 1.165) is 23.5 Å². The van der Waals surface area contributed by atoms with E-state index in [-0.39, 0.29) is 0 Å². The fraction of sp³-hybridized carbons (Fsp3) is 0.308. The molecule has 0 aliphatic carbocycles. The molecule has 1 heterocycles. The lowest BCUT2D eigenvalue weighted by Gasteiger charge is -2.09. The van der Waals surface area contributed by atoms with Crippen LogP contribution in [0.15, 0.2) is 18.2 Å². The molecular formula is C13H14Cl3N3. The van der Waals surface area contributed by atoms with Crippen molar-refractivity contribution in [3.63, 3.8) is 0 Å². The van der Waals surface area contributed by atoms with E-state index in [4.69, 9.17) is 34.8 Å². The van der Waals surface area contributed by atoms with Crippen LogP contribution in [0, 0.1) is 0 Å². The zero-order valence-electron chi connectivity index (χ0n) is 10.7.